The smallest absolute Gasteiger partial charge is 0.252 e. The Balaban J connectivity index is 1.44. The number of rotatable bonds is 5. The Hall–Kier alpha value is -2.57. The van der Waals surface area contributed by atoms with Crippen LogP contribution >= 0.6 is 11.6 Å². The molecule has 6 nitrogen and oxygen atoms in total. The van der Waals surface area contributed by atoms with Gasteiger partial charge in [-0.15, -0.1) is 0 Å². The van der Waals surface area contributed by atoms with Gasteiger partial charge in [0.05, 0.1) is 5.56 Å². The number of nitrogens with one attached hydrogen (secondary N) is 2. The van der Waals surface area contributed by atoms with Crippen molar-refractivity contribution in [3.05, 3.63) is 64.9 Å². The van der Waals surface area contributed by atoms with Crippen molar-refractivity contribution in [3.8, 4) is 0 Å². The van der Waals surface area contributed by atoms with Gasteiger partial charge in [-0.3, -0.25) is 9.69 Å². The summed E-state index contributed by atoms with van der Waals surface area (Å²) in [5, 5.41) is 4.36. The molecule has 4 rings (SSSR count). The van der Waals surface area contributed by atoms with E-state index < -0.39 is 0 Å². The predicted molar refractivity (Wildman–Crippen MR) is 121 cm³/mol. The van der Waals surface area contributed by atoms with E-state index in [4.69, 9.17) is 11.6 Å². The summed E-state index contributed by atoms with van der Waals surface area (Å²) in [6, 6.07) is 12.3. The maximum absolute atomic E-state index is 11.8. The topological polar surface area (TPSA) is 62.2 Å². The fourth-order valence-electron chi connectivity index (χ4n) is 4.26. The van der Waals surface area contributed by atoms with Crippen LogP contribution in [0.25, 0.3) is 11.0 Å². The van der Waals surface area contributed by atoms with Crippen LogP contribution in [0.1, 0.15) is 42.6 Å². The molecule has 1 aliphatic rings. The average Bonchev–Trinajstić information content (AvgIpc) is 3.12. The normalized spacial score (nSPS) is 19.0. The van der Waals surface area contributed by atoms with E-state index in [1.807, 2.05) is 35.1 Å². The number of hydrogen-bond acceptors (Lipinski definition) is 4. The first-order chi connectivity index (χ1) is 14.4. The summed E-state index contributed by atoms with van der Waals surface area (Å²) in [7, 11) is 1.63. The highest BCUT2D eigenvalue weighted by molar-refractivity contribution is 6.30. The van der Waals surface area contributed by atoms with E-state index in [0.29, 0.717) is 11.6 Å². The average molecular weight is 426 g/mol. The van der Waals surface area contributed by atoms with Gasteiger partial charge < -0.3 is 10.7 Å². The first-order valence-electron chi connectivity index (χ1n) is 10.3. The van der Waals surface area contributed by atoms with Crippen molar-refractivity contribution in [2.75, 3.05) is 19.0 Å². The highest BCUT2D eigenvalue weighted by Crippen LogP contribution is 2.30. The van der Waals surface area contributed by atoms with Crippen molar-refractivity contribution >= 4 is 28.5 Å². The number of carbonyl (C=O) groups is 1. The molecular weight excluding hydrogens is 398 g/mol. The van der Waals surface area contributed by atoms with Gasteiger partial charge in [-0.05, 0) is 56.5 Å². The summed E-state index contributed by atoms with van der Waals surface area (Å²) in [5.74, 6) is -0.125. The number of nitrogens with zero attached hydrogens (tertiary/aromatic N) is 3. The Morgan fingerprint density at radius 2 is 2.03 bits per heavy atom. The zero-order valence-corrected chi connectivity index (χ0v) is 18.4. The molecule has 0 bridgehead atoms. The molecule has 0 spiro atoms. The Morgan fingerprint density at radius 3 is 2.73 bits per heavy atom. The van der Waals surface area contributed by atoms with Crippen molar-refractivity contribution in [2.45, 2.75) is 44.8 Å². The lowest BCUT2D eigenvalue weighted by atomic mass is 9.87. The van der Waals surface area contributed by atoms with Gasteiger partial charge in [-0.25, -0.2) is 9.66 Å². The number of amides is 1. The van der Waals surface area contributed by atoms with E-state index in [9.17, 15) is 4.79 Å². The Kier molecular flexibility index (Phi) is 5.71. The first-order valence-corrected chi connectivity index (χ1v) is 10.7. The maximum atomic E-state index is 11.8. The van der Waals surface area contributed by atoms with Crippen LogP contribution in [-0.2, 0) is 6.54 Å². The molecule has 7 heteroatoms. The van der Waals surface area contributed by atoms with Crippen LogP contribution in [0, 0.1) is 0 Å². The van der Waals surface area contributed by atoms with Gasteiger partial charge in [-0.1, -0.05) is 23.7 Å². The summed E-state index contributed by atoms with van der Waals surface area (Å²) in [5.41, 5.74) is 6.38. The lowest BCUT2D eigenvalue weighted by Crippen LogP contribution is -2.53. The van der Waals surface area contributed by atoms with Crippen molar-refractivity contribution < 1.29 is 4.79 Å². The van der Waals surface area contributed by atoms with E-state index in [2.05, 4.69) is 46.6 Å². The van der Waals surface area contributed by atoms with Gasteiger partial charge in [-0.2, -0.15) is 0 Å². The second-order valence-electron chi connectivity index (χ2n) is 8.58. The minimum absolute atomic E-state index is 0.0678. The third kappa shape index (κ3) is 4.30. The summed E-state index contributed by atoms with van der Waals surface area (Å²) in [6.07, 6.45) is 5.68. The molecule has 3 aromatic rings. The zero-order chi connectivity index (χ0) is 21.3. The molecule has 0 saturated carbocycles. The summed E-state index contributed by atoms with van der Waals surface area (Å²) in [6.45, 7) is 6.55. The number of pyridine rings is 1. The largest absolute Gasteiger partial charge is 0.355 e. The molecule has 158 valence electrons. The van der Waals surface area contributed by atoms with E-state index in [0.717, 1.165) is 42.0 Å². The molecule has 1 saturated heterocycles. The van der Waals surface area contributed by atoms with E-state index in [1.165, 1.54) is 5.56 Å². The molecule has 1 amide bonds. The highest BCUT2D eigenvalue weighted by atomic mass is 35.5. The lowest BCUT2D eigenvalue weighted by molar-refractivity contribution is 0.0608. The number of hydrogen-bond donors (Lipinski definition) is 2. The number of likely N-dealkylation sites (tertiary alicyclic amines) is 1. The minimum Gasteiger partial charge on any atom is -0.355 e. The maximum Gasteiger partial charge on any atom is 0.252 e. The predicted octanol–water partition coefficient (Wildman–Crippen LogP) is 4.04. The van der Waals surface area contributed by atoms with Crippen LogP contribution in [0.2, 0.25) is 5.02 Å². The van der Waals surface area contributed by atoms with Crippen LogP contribution in [0.3, 0.4) is 0 Å². The fourth-order valence-corrected chi connectivity index (χ4v) is 4.38. The molecule has 0 radical (unpaired) electrons. The number of benzene rings is 1. The standard InChI is InChI=1S/C23H28ClN5O/c1-23(2)13-20(9-10-28(23)15-16-4-6-19(24)7-5-16)27-29-11-8-17-12-18(22(30)25-3)14-26-21(17)29/h4-8,11-12,14,20,27H,9-10,13,15H2,1-3H3,(H,25,30). The monoisotopic (exact) mass is 425 g/mol. The third-order valence-corrected chi connectivity index (χ3v) is 6.23. The molecule has 1 unspecified atom stereocenters. The first kappa shape index (κ1) is 20.7. The number of halogens is 1. The van der Waals surface area contributed by atoms with Crippen LogP contribution in [0.4, 0.5) is 0 Å². The fraction of sp³-hybridized carbons (Fsp3) is 0.391. The van der Waals surface area contributed by atoms with E-state index in [1.54, 1.807) is 13.2 Å². The van der Waals surface area contributed by atoms with Gasteiger partial charge in [0.25, 0.3) is 5.91 Å². The van der Waals surface area contributed by atoms with E-state index in [-0.39, 0.29) is 11.4 Å². The SMILES string of the molecule is CNC(=O)c1cnc2c(ccn2NC2CCN(Cc3ccc(Cl)cc3)C(C)(C)C2)c1. The molecule has 0 aliphatic carbocycles. The third-order valence-electron chi connectivity index (χ3n) is 5.97. The molecule has 2 N–H and O–H groups in total. The summed E-state index contributed by atoms with van der Waals surface area (Å²) >= 11 is 6.02. The van der Waals surface area contributed by atoms with Gasteiger partial charge in [0.1, 0.15) is 0 Å². The number of carbonyl (C=O) groups excluding carboxylic acids is 1. The number of piperidine rings is 1. The number of aromatic nitrogens is 2. The molecular formula is C23H28ClN5O. The van der Waals surface area contributed by atoms with Crippen LogP contribution in [-0.4, -0.2) is 45.6 Å². The van der Waals surface area contributed by atoms with Gasteiger partial charge >= 0.3 is 0 Å². The van der Waals surface area contributed by atoms with Gasteiger partial charge in [0, 0.05) is 54.5 Å². The highest BCUT2D eigenvalue weighted by Gasteiger charge is 2.34. The van der Waals surface area contributed by atoms with Gasteiger partial charge in [0.2, 0.25) is 0 Å². The van der Waals surface area contributed by atoms with Crippen molar-refractivity contribution in [2.24, 2.45) is 0 Å². The Labute approximate surface area is 182 Å². The quantitative estimate of drug-likeness (QED) is 0.647. The number of fused-ring (bicyclic) bond motifs is 1. The second-order valence-corrected chi connectivity index (χ2v) is 9.02. The van der Waals surface area contributed by atoms with Crippen LogP contribution in [0.15, 0.2) is 48.8 Å². The van der Waals surface area contributed by atoms with Crippen molar-refractivity contribution in [1.82, 2.24) is 19.9 Å². The molecule has 1 fully saturated rings. The molecule has 1 aliphatic heterocycles. The van der Waals surface area contributed by atoms with E-state index >= 15 is 0 Å². The van der Waals surface area contributed by atoms with Crippen molar-refractivity contribution in [3.63, 3.8) is 0 Å². The molecule has 2 aromatic heterocycles. The molecule has 30 heavy (non-hydrogen) atoms. The van der Waals surface area contributed by atoms with Crippen molar-refractivity contribution in [1.29, 1.82) is 0 Å². The lowest BCUT2D eigenvalue weighted by Gasteiger charge is -2.46. The zero-order valence-electron chi connectivity index (χ0n) is 17.7. The molecule has 1 atom stereocenters. The van der Waals surface area contributed by atoms with Crippen LogP contribution < -0.4 is 10.7 Å². The van der Waals surface area contributed by atoms with Gasteiger partial charge in [0.15, 0.2) is 5.65 Å². The molecule has 3 heterocycles. The Bertz CT molecular complexity index is 1040. The molecule has 1 aromatic carbocycles. The minimum atomic E-state index is -0.125. The Morgan fingerprint density at radius 1 is 1.27 bits per heavy atom. The second kappa shape index (κ2) is 8.28. The summed E-state index contributed by atoms with van der Waals surface area (Å²) in [4.78, 5) is 18.9. The summed E-state index contributed by atoms with van der Waals surface area (Å²) < 4.78 is 1.98. The van der Waals surface area contributed by atoms with Crippen LogP contribution in [0.5, 0.6) is 0 Å².